The van der Waals surface area contributed by atoms with Gasteiger partial charge in [-0.05, 0) is 46.7 Å². The molecule has 0 heterocycles. The lowest BCUT2D eigenvalue weighted by Crippen LogP contribution is -2.15. The zero-order chi connectivity index (χ0) is 22.3. The summed E-state index contributed by atoms with van der Waals surface area (Å²) in [7, 11) is 0. The maximum absolute atomic E-state index is 6.88. The molecule has 2 rings (SSSR count). The lowest BCUT2D eigenvalue weighted by Gasteiger charge is -2.22. The van der Waals surface area contributed by atoms with Gasteiger partial charge in [-0.3, -0.25) is 0 Å². The third-order valence-electron chi connectivity index (χ3n) is 6.80. The van der Waals surface area contributed by atoms with Crippen LogP contribution in [0.5, 0.6) is 0 Å². The van der Waals surface area contributed by atoms with E-state index in [-0.39, 0.29) is 11.5 Å². The summed E-state index contributed by atoms with van der Waals surface area (Å²) in [5, 5.41) is 2.76. The van der Waals surface area contributed by atoms with Crippen LogP contribution in [0.3, 0.4) is 0 Å². The fourth-order valence-electron chi connectivity index (χ4n) is 5.11. The molecule has 2 nitrogen and oxygen atoms in total. The Hall–Kier alpha value is -1.38. The van der Waals surface area contributed by atoms with Gasteiger partial charge in [0.05, 0.1) is 0 Å². The van der Waals surface area contributed by atoms with Gasteiger partial charge in [-0.25, -0.2) is 0 Å². The van der Waals surface area contributed by atoms with Crippen LogP contribution in [0.2, 0.25) is 0 Å². The molecule has 0 saturated carbocycles. The molecule has 182 valence electrons. The molecule has 4 N–H and O–H groups in total. The van der Waals surface area contributed by atoms with Crippen molar-refractivity contribution in [2.75, 3.05) is 0 Å². The quantitative estimate of drug-likeness (QED) is 0.245. The van der Waals surface area contributed by atoms with Crippen molar-refractivity contribution in [3.8, 4) is 0 Å². The normalized spacial score (nSPS) is 12.1. The second kappa shape index (κ2) is 17.1. The van der Waals surface area contributed by atoms with E-state index in [1.807, 2.05) is 0 Å². The molecule has 0 spiro atoms. The molecule has 2 aromatic carbocycles. The van der Waals surface area contributed by atoms with Gasteiger partial charge < -0.3 is 11.2 Å². The molecule has 0 fully saturated rings. The van der Waals surface area contributed by atoms with Crippen LogP contribution in [0.1, 0.15) is 133 Å². The van der Waals surface area contributed by atoms with Gasteiger partial charge in [0.2, 0.25) is 0 Å². The summed E-state index contributed by atoms with van der Waals surface area (Å²) in [4.78, 5) is 0. The predicted molar refractivity (Wildman–Crippen MR) is 144 cm³/mol. The molecule has 0 aliphatic heterocycles. The number of hydrogen-bond acceptors (Lipinski definition) is 1. The molecular formula is C30H51NO. The minimum atomic E-state index is 0. The summed E-state index contributed by atoms with van der Waals surface area (Å²) in [6, 6.07) is 11.5. The molecule has 0 saturated heterocycles. The minimum Gasteiger partial charge on any atom is -0.412 e. The summed E-state index contributed by atoms with van der Waals surface area (Å²) in [5.41, 5.74) is 11.4. The Morgan fingerprint density at radius 1 is 0.688 bits per heavy atom. The second-order valence-corrected chi connectivity index (χ2v) is 9.58. The van der Waals surface area contributed by atoms with Crippen molar-refractivity contribution >= 4 is 10.8 Å². The van der Waals surface area contributed by atoms with Gasteiger partial charge in [-0.15, -0.1) is 0 Å². The lowest BCUT2D eigenvalue weighted by atomic mass is 9.85. The topological polar surface area (TPSA) is 57.5 Å². The van der Waals surface area contributed by atoms with E-state index in [1.165, 1.54) is 112 Å². The minimum absolute atomic E-state index is 0. The Balaban J connectivity index is 0.00000512. The van der Waals surface area contributed by atoms with E-state index in [9.17, 15) is 0 Å². The monoisotopic (exact) mass is 441 g/mol. The van der Waals surface area contributed by atoms with E-state index in [4.69, 9.17) is 5.73 Å². The third-order valence-corrected chi connectivity index (χ3v) is 6.80. The Labute approximate surface area is 198 Å². The summed E-state index contributed by atoms with van der Waals surface area (Å²) in [5.74, 6) is 0. The second-order valence-electron chi connectivity index (χ2n) is 9.58. The van der Waals surface area contributed by atoms with Gasteiger partial charge in [0.15, 0.2) is 0 Å². The van der Waals surface area contributed by atoms with Crippen LogP contribution in [0.4, 0.5) is 0 Å². The number of benzene rings is 2. The van der Waals surface area contributed by atoms with Crippen LogP contribution in [-0.2, 0) is 12.8 Å². The molecule has 0 bridgehead atoms. The maximum atomic E-state index is 6.88. The molecule has 0 amide bonds. The zero-order valence-corrected chi connectivity index (χ0v) is 21.4. The van der Waals surface area contributed by atoms with E-state index in [0.717, 1.165) is 12.8 Å². The molecule has 0 aromatic heterocycles. The maximum Gasteiger partial charge on any atom is 0.0303 e. The lowest BCUT2D eigenvalue weighted by molar-refractivity contribution is 0.526. The Morgan fingerprint density at radius 2 is 1.25 bits per heavy atom. The highest BCUT2D eigenvalue weighted by Gasteiger charge is 2.18. The van der Waals surface area contributed by atoms with Crippen LogP contribution in [0.25, 0.3) is 10.8 Å². The smallest absolute Gasteiger partial charge is 0.0303 e. The fourth-order valence-corrected chi connectivity index (χ4v) is 5.11. The van der Waals surface area contributed by atoms with E-state index in [2.05, 4.69) is 51.1 Å². The standard InChI is InChI=1S/C30H49N.H2O/c1-4-7-8-9-10-11-12-13-14-15-16-23-29(31)30-27(20-6-3)25(19-5-2)24-26-21-17-18-22-28(26)30;/h17-18,21-22,24,29H,4-16,19-20,23,31H2,1-3H3;1H2. The Kier molecular flexibility index (Phi) is 15.3. The van der Waals surface area contributed by atoms with Gasteiger partial charge in [0.1, 0.15) is 0 Å². The van der Waals surface area contributed by atoms with Crippen molar-refractivity contribution in [2.24, 2.45) is 5.73 Å². The number of rotatable bonds is 17. The van der Waals surface area contributed by atoms with Crippen molar-refractivity contribution in [3.05, 3.63) is 47.0 Å². The van der Waals surface area contributed by atoms with Crippen molar-refractivity contribution in [1.29, 1.82) is 0 Å². The van der Waals surface area contributed by atoms with Gasteiger partial charge in [0, 0.05) is 6.04 Å². The first-order valence-electron chi connectivity index (χ1n) is 13.5. The van der Waals surface area contributed by atoms with Crippen LogP contribution in [-0.4, -0.2) is 5.48 Å². The van der Waals surface area contributed by atoms with Crippen molar-refractivity contribution in [2.45, 2.75) is 130 Å². The number of nitrogens with two attached hydrogens (primary N) is 1. The van der Waals surface area contributed by atoms with Gasteiger partial charge >= 0.3 is 0 Å². The van der Waals surface area contributed by atoms with Crippen molar-refractivity contribution in [3.63, 3.8) is 0 Å². The number of fused-ring (bicyclic) bond motifs is 1. The zero-order valence-electron chi connectivity index (χ0n) is 21.4. The number of aryl methyl sites for hydroxylation is 1. The SMILES string of the molecule is CCCCCCCCCCCCCC(N)c1c(CCC)c(CCC)cc2ccccc12.O. The third kappa shape index (κ3) is 9.24. The summed E-state index contributed by atoms with van der Waals surface area (Å²) < 4.78 is 0. The molecule has 1 atom stereocenters. The van der Waals surface area contributed by atoms with Gasteiger partial charge in [0.25, 0.3) is 0 Å². The van der Waals surface area contributed by atoms with Crippen LogP contribution in [0, 0.1) is 0 Å². The predicted octanol–water partition coefficient (Wildman–Crippen LogP) is 8.62. The fraction of sp³-hybridized carbons (Fsp3) is 0.667. The van der Waals surface area contributed by atoms with Crippen LogP contribution >= 0.6 is 0 Å². The van der Waals surface area contributed by atoms with E-state index in [1.54, 1.807) is 5.56 Å². The van der Waals surface area contributed by atoms with E-state index in [0.29, 0.717) is 0 Å². The molecular weight excluding hydrogens is 390 g/mol. The largest absolute Gasteiger partial charge is 0.412 e. The van der Waals surface area contributed by atoms with Crippen molar-refractivity contribution < 1.29 is 5.48 Å². The van der Waals surface area contributed by atoms with Crippen LogP contribution < -0.4 is 5.73 Å². The highest BCUT2D eigenvalue weighted by molar-refractivity contribution is 5.88. The summed E-state index contributed by atoms with van der Waals surface area (Å²) in [6.07, 6.45) is 21.1. The van der Waals surface area contributed by atoms with Crippen molar-refractivity contribution in [1.82, 2.24) is 0 Å². The van der Waals surface area contributed by atoms with Gasteiger partial charge in [-0.2, -0.15) is 0 Å². The van der Waals surface area contributed by atoms with Gasteiger partial charge in [-0.1, -0.05) is 135 Å². The first-order valence-corrected chi connectivity index (χ1v) is 13.5. The molecule has 0 aliphatic rings. The highest BCUT2D eigenvalue weighted by Crippen LogP contribution is 2.34. The Morgan fingerprint density at radius 3 is 1.84 bits per heavy atom. The highest BCUT2D eigenvalue weighted by atomic mass is 16.0. The summed E-state index contributed by atoms with van der Waals surface area (Å²) >= 11 is 0. The first kappa shape index (κ1) is 28.7. The number of unbranched alkanes of at least 4 members (excludes halogenated alkanes) is 10. The van der Waals surface area contributed by atoms with Crippen LogP contribution in [0.15, 0.2) is 30.3 Å². The molecule has 0 radical (unpaired) electrons. The molecule has 2 heteroatoms. The van der Waals surface area contributed by atoms with E-state index >= 15 is 0 Å². The number of hydrogen-bond donors (Lipinski definition) is 1. The average Bonchev–Trinajstić information content (AvgIpc) is 2.78. The molecule has 1 unspecified atom stereocenters. The Bertz CT molecular complexity index is 739. The molecule has 0 aliphatic carbocycles. The summed E-state index contributed by atoms with van der Waals surface area (Å²) in [6.45, 7) is 6.88. The molecule has 2 aromatic rings. The average molecular weight is 442 g/mol. The van der Waals surface area contributed by atoms with E-state index < -0.39 is 0 Å². The molecule has 32 heavy (non-hydrogen) atoms. The first-order chi connectivity index (χ1) is 15.2.